The molecular weight excluding hydrogens is 368 g/mol. The molecule has 29 heavy (non-hydrogen) atoms. The molecule has 0 radical (unpaired) electrons. The summed E-state index contributed by atoms with van der Waals surface area (Å²) in [7, 11) is 1.60. The molecule has 0 saturated carbocycles. The number of carbonyl (C=O) groups is 1. The van der Waals surface area contributed by atoms with Crippen molar-refractivity contribution in [3.8, 4) is 0 Å². The summed E-state index contributed by atoms with van der Waals surface area (Å²) in [5.74, 6) is 0.701. The Hall–Kier alpha value is -2.74. The fraction of sp³-hybridized carbons (Fsp3) is 0.364. The third-order valence-electron chi connectivity index (χ3n) is 4.77. The Labute approximate surface area is 171 Å². The molecule has 1 aromatic carbocycles. The lowest BCUT2D eigenvalue weighted by Gasteiger charge is -2.36. The van der Waals surface area contributed by atoms with Gasteiger partial charge in [0.25, 0.3) is 0 Å². The molecule has 1 saturated heterocycles. The van der Waals surface area contributed by atoms with Crippen molar-refractivity contribution in [2.24, 2.45) is 0 Å². The summed E-state index contributed by atoms with van der Waals surface area (Å²) in [5.41, 5.74) is 1.64. The van der Waals surface area contributed by atoms with Crippen LogP contribution in [-0.4, -0.2) is 73.4 Å². The number of aromatic nitrogens is 1. The predicted octanol–water partition coefficient (Wildman–Crippen LogP) is 1.86. The highest BCUT2D eigenvalue weighted by molar-refractivity contribution is 6.01. The first-order valence-corrected chi connectivity index (χ1v) is 9.78. The number of nitrogens with one attached hydrogen (secondary N) is 1. The number of β-amino-alcohol motifs (C(OH)–C–C–N with tert-alkyl or cyclic N) is 1. The van der Waals surface area contributed by atoms with Crippen LogP contribution in [-0.2, 0) is 9.53 Å². The quantitative estimate of drug-likeness (QED) is 0.664. The number of aliphatic hydroxyl groups is 1. The number of hydrogen-bond donors (Lipinski definition) is 2. The Kier molecular flexibility index (Phi) is 7.75. The van der Waals surface area contributed by atoms with Gasteiger partial charge in [0.05, 0.1) is 24.6 Å². The van der Waals surface area contributed by atoms with Crippen molar-refractivity contribution >= 4 is 23.5 Å². The lowest BCUT2D eigenvalue weighted by atomic mass is 10.2. The Morgan fingerprint density at radius 1 is 1.21 bits per heavy atom. The van der Waals surface area contributed by atoms with E-state index < -0.39 is 6.10 Å². The van der Waals surface area contributed by atoms with Crippen molar-refractivity contribution in [2.45, 2.75) is 6.10 Å². The zero-order valence-electron chi connectivity index (χ0n) is 16.7. The van der Waals surface area contributed by atoms with Crippen molar-refractivity contribution in [3.05, 3.63) is 60.3 Å². The number of rotatable bonds is 8. The van der Waals surface area contributed by atoms with Crippen molar-refractivity contribution < 1.29 is 14.6 Å². The molecule has 2 N–H and O–H groups in total. The highest BCUT2D eigenvalue weighted by Gasteiger charge is 2.20. The molecule has 1 amide bonds. The van der Waals surface area contributed by atoms with Crippen LogP contribution < -0.4 is 10.2 Å². The molecule has 0 bridgehead atoms. The van der Waals surface area contributed by atoms with Gasteiger partial charge in [-0.2, -0.15) is 0 Å². The molecule has 2 aromatic rings. The molecule has 7 nitrogen and oxygen atoms in total. The second kappa shape index (κ2) is 10.7. The molecule has 154 valence electrons. The van der Waals surface area contributed by atoms with E-state index in [1.165, 1.54) is 6.08 Å². The summed E-state index contributed by atoms with van der Waals surface area (Å²) in [5, 5.41) is 12.7. The van der Waals surface area contributed by atoms with Gasteiger partial charge < -0.3 is 20.1 Å². The van der Waals surface area contributed by atoms with E-state index in [9.17, 15) is 9.90 Å². The number of carbonyl (C=O) groups excluding carboxylic acids is 1. The molecule has 1 fully saturated rings. The number of piperazine rings is 1. The van der Waals surface area contributed by atoms with Gasteiger partial charge in [-0.25, -0.2) is 4.98 Å². The molecule has 3 rings (SSSR count). The van der Waals surface area contributed by atoms with Gasteiger partial charge in [-0.05, 0) is 23.8 Å². The standard InChI is InChI=1S/C22H28N4O3/c1-29-17-20(27)16-25-11-13-26(14-12-25)21-9-8-19(15-23-21)24-22(28)10-7-18-5-3-2-4-6-18/h2-10,15,20,27H,11-14,16-17H2,1H3,(H,24,28)/b10-7+. The normalized spacial score (nSPS) is 16.1. The van der Waals surface area contributed by atoms with E-state index in [4.69, 9.17) is 4.74 Å². The third-order valence-corrected chi connectivity index (χ3v) is 4.77. The second-order valence-corrected chi connectivity index (χ2v) is 7.04. The summed E-state index contributed by atoms with van der Waals surface area (Å²) < 4.78 is 4.98. The van der Waals surface area contributed by atoms with Gasteiger partial charge in [0.15, 0.2) is 0 Å². The Morgan fingerprint density at radius 2 is 1.97 bits per heavy atom. The Balaban J connectivity index is 1.47. The van der Waals surface area contributed by atoms with Gasteiger partial charge in [-0.15, -0.1) is 0 Å². The molecule has 7 heteroatoms. The van der Waals surface area contributed by atoms with Crippen LogP contribution in [0.25, 0.3) is 6.08 Å². The Bertz CT molecular complexity index is 787. The molecule has 2 heterocycles. The molecule has 1 aliphatic rings. The molecule has 0 aliphatic carbocycles. The first kappa shape index (κ1) is 21.0. The maximum Gasteiger partial charge on any atom is 0.248 e. The zero-order valence-corrected chi connectivity index (χ0v) is 16.7. The number of ether oxygens (including phenoxy) is 1. The monoisotopic (exact) mass is 396 g/mol. The predicted molar refractivity (Wildman–Crippen MR) is 115 cm³/mol. The van der Waals surface area contributed by atoms with Crippen LogP contribution >= 0.6 is 0 Å². The molecular formula is C22H28N4O3. The minimum Gasteiger partial charge on any atom is -0.389 e. The number of aliphatic hydroxyl groups excluding tert-OH is 1. The molecule has 0 spiro atoms. The topological polar surface area (TPSA) is 77.9 Å². The van der Waals surface area contributed by atoms with E-state index in [0.717, 1.165) is 37.6 Å². The van der Waals surface area contributed by atoms with E-state index in [1.54, 1.807) is 19.4 Å². The van der Waals surface area contributed by atoms with Crippen LogP contribution in [0, 0.1) is 0 Å². The van der Waals surface area contributed by atoms with Gasteiger partial charge in [0, 0.05) is 45.9 Å². The van der Waals surface area contributed by atoms with Crippen LogP contribution in [0.1, 0.15) is 5.56 Å². The number of benzene rings is 1. The first-order chi connectivity index (χ1) is 14.1. The fourth-order valence-corrected chi connectivity index (χ4v) is 3.27. The largest absolute Gasteiger partial charge is 0.389 e. The van der Waals surface area contributed by atoms with Gasteiger partial charge in [-0.1, -0.05) is 30.3 Å². The first-order valence-electron chi connectivity index (χ1n) is 9.78. The molecule has 1 unspecified atom stereocenters. The van der Waals surface area contributed by atoms with E-state index in [-0.39, 0.29) is 5.91 Å². The third kappa shape index (κ3) is 6.67. The molecule has 1 aromatic heterocycles. The van der Waals surface area contributed by atoms with Crippen molar-refractivity contribution in [2.75, 3.05) is 56.7 Å². The summed E-state index contributed by atoms with van der Waals surface area (Å²) in [6.07, 6.45) is 4.52. The number of anilines is 2. The van der Waals surface area contributed by atoms with Crippen LogP contribution in [0.5, 0.6) is 0 Å². The maximum atomic E-state index is 12.1. The number of pyridine rings is 1. The highest BCUT2D eigenvalue weighted by Crippen LogP contribution is 2.16. The average molecular weight is 396 g/mol. The Morgan fingerprint density at radius 3 is 2.62 bits per heavy atom. The summed E-state index contributed by atoms with van der Waals surface area (Å²) >= 11 is 0. The maximum absolute atomic E-state index is 12.1. The second-order valence-electron chi connectivity index (χ2n) is 7.04. The molecule has 1 aliphatic heterocycles. The van der Waals surface area contributed by atoms with Gasteiger partial charge in [-0.3, -0.25) is 9.69 Å². The summed E-state index contributed by atoms with van der Waals surface area (Å²) in [6.45, 7) is 4.40. The highest BCUT2D eigenvalue weighted by atomic mass is 16.5. The SMILES string of the molecule is COCC(O)CN1CCN(c2ccc(NC(=O)/C=C/c3ccccc3)cn2)CC1. The smallest absolute Gasteiger partial charge is 0.248 e. The summed E-state index contributed by atoms with van der Waals surface area (Å²) in [4.78, 5) is 21.0. The van der Waals surface area contributed by atoms with Crippen molar-refractivity contribution in [1.82, 2.24) is 9.88 Å². The van der Waals surface area contributed by atoms with Crippen LogP contribution in [0.2, 0.25) is 0 Å². The van der Waals surface area contributed by atoms with E-state index >= 15 is 0 Å². The zero-order chi connectivity index (χ0) is 20.5. The van der Waals surface area contributed by atoms with Crippen LogP contribution in [0.15, 0.2) is 54.7 Å². The fourth-order valence-electron chi connectivity index (χ4n) is 3.27. The summed E-state index contributed by atoms with van der Waals surface area (Å²) in [6, 6.07) is 13.5. The number of amides is 1. The van der Waals surface area contributed by atoms with E-state index in [1.807, 2.05) is 42.5 Å². The number of methoxy groups -OCH3 is 1. The lowest BCUT2D eigenvalue weighted by Crippen LogP contribution is -2.49. The van der Waals surface area contributed by atoms with E-state index in [0.29, 0.717) is 18.8 Å². The minimum absolute atomic E-state index is 0.188. The van der Waals surface area contributed by atoms with E-state index in [2.05, 4.69) is 20.1 Å². The number of hydrogen-bond acceptors (Lipinski definition) is 6. The van der Waals surface area contributed by atoms with Gasteiger partial charge in [0.1, 0.15) is 5.82 Å². The lowest BCUT2D eigenvalue weighted by molar-refractivity contribution is -0.111. The van der Waals surface area contributed by atoms with Crippen LogP contribution in [0.3, 0.4) is 0 Å². The number of nitrogens with zero attached hydrogens (tertiary/aromatic N) is 3. The minimum atomic E-state index is -0.455. The van der Waals surface area contributed by atoms with Crippen molar-refractivity contribution in [3.63, 3.8) is 0 Å². The van der Waals surface area contributed by atoms with Gasteiger partial charge >= 0.3 is 0 Å². The van der Waals surface area contributed by atoms with Crippen molar-refractivity contribution in [1.29, 1.82) is 0 Å². The molecule has 1 atom stereocenters. The van der Waals surface area contributed by atoms with Gasteiger partial charge in [0.2, 0.25) is 5.91 Å². The average Bonchev–Trinajstić information content (AvgIpc) is 2.74. The van der Waals surface area contributed by atoms with Crippen LogP contribution in [0.4, 0.5) is 11.5 Å².